The molecule has 5 nitrogen and oxygen atoms in total. The van der Waals surface area contributed by atoms with Crippen LogP contribution in [0.4, 0.5) is 10.1 Å². The summed E-state index contributed by atoms with van der Waals surface area (Å²) >= 11 is 0. The van der Waals surface area contributed by atoms with E-state index in [1.165, 1.54) is 24.3 Å². The van der Waals surface area contributed by atoms with Crippen LogP contribution in [0.15, 0.2) is 24.3 Å². The molecular formula is C13H18FN3O2. The lowest BCUT2D eigenvalue weighted by Gasteiger charge is -2.15. The number of halogens is 1. The fourth-order valence-electron chi connectivity index (χ4n) is 1.53. The number of anilines is 1. The number of likely N-dealkylation sites (N-methyl/N-ethyl adjacent to an activating group) is 2. The van der Waals surface area contributed by atoms with E-state index in [9.17, 15) is 14.0 Å². The molecular weight excluding hydrogens is 249 g/mol. The Hall–Kier alpha value is -1.95. The van der Waals surface area contributed by atoms with Crippen LogP contribution in [0, 0.1) is 5.82 Å². The summed E-state index contributed by atoms with van der Waals surface area (Å²) < 4.78 is 12.7. The zero-order valence-electron chi connectivity index (χ0n) is 11.1. The molecule has 2 amide bonds. The van der Waals surface area contributed by atoms with Crippen molar-refractivity contribution in [3.05, 3.63) is 30.1 Å². The molecule has 0 radical (unpaired) electrons. The molecule has 1 aromatic rings. The molecule has 2 N–H and O–H groups in total. The molecule has 0 saturated heterocycles. The van der Waals surface area contributed by atoms with Crippen molar-refractivity contribution in [2.45, 2.75) is 6.92 Å². The van der Waals surface area contributed by atoms with Crippen LogP contribution >= 0.6 is 0 Å². The lowest BCUT2D eigenvalue weighted by molar-refractivity contribution is -0.122. The van der Waals surface area contributed by atoms with Crippen LogP contribution in [-0.2, 0) is 9.59 Å². The van der Waals surface area contributed by atoms with Gasteiger partial charge in [-0.1, -0.05) is 0 Å². The van der Waals surface area contributed by atoms with E-state index >= 15 is 0 Å². The highest BCUT2D eigenvalue weighted by molar-refractivity contribution is 5.92. The summed E-state index contributed by atoms with van der Waals surface area (Å²) in [6, 6.07) is 5.51. The van der Waals surface area contributed by atoms with Gasteiger partial charge in [0.25, 0.3) is 0 Å². The second-order valence-corrected chi connectivity index (χ2v) is 4.18. The number of hydrogen-bond donors (Lipinski definition) is 2. The minimum Gasteiger partial charge on any atom is -0.355 e. The van der Waals surface area contributed by atoms with Crippen LogP contribution in [0.3, 0.4) is 0 Å². The Morgan fingerprint density at radius 2 is 1.74 bits per heavy atom. The summed E-state index contributed by atoms with van der Waals surface area (Å²) in [4.78, 5) is 24.6. The normalized spacial score (nSPS) is 10.3. The van der Waals surface area contributed by atoms with Crippen molar-refractivity contribution in [3.8, 4) is 0 Å². The third-order valence-electron chi connectivity index (χ3n) is 2.33. The molecule has 0 aliphatic carbocycles. The second kappa shape index (κ2) is 7.48. The number of rotatable bonds is 6. The van der Waals surface area contributed by atoms with E-state index in [4.69, 9.17) is 0 Å². The molecule has 0 saturated carbocycles. The number of nitrogens with zero attached hydrogens (tertiary/aromatic N) is 1. The predicted octanol–water partition coefficient (Wildman–Crippen LogP) is 0.832. The van der Waals surface area contributed by atoms with E-state index in [1.807, 2.05) is 6.92 Å². The molecule has 19 heavy (non-hydrogen) atoms. The molecule has 104 valence electrons. The molecule has 0 heterocycles. The van der Waals surface area contributed by atoms with Crippen molar-refractivity contribution in [1.82, 2.24) is 10.2 Å². The zero-order chi connectivity index (χ0) is 14.3. The first-order chi connectivity index (χ1) is 9.01. The molecule has 0 aliphatic heterocycles. The topological polar surface area (TPSA) is 61.4 Å². The summed E-state index contributed by atoms with van der Waals surface area (Å²) in [5, 5.41) is 5.28. The Morgan fingerprint density at radius 1 is 1.16 bits per heavy atom. The monoisotopic (exact) mass is 267 g/mol. The maximum absolute atomic E-state index is 12.7. The number of hydrogen-bond acceptors (Lipinski definition) is 3. The van der Waals surface area contributed by atoms with E-state index in [2.05, 4.69) is 10.6 Å². The molecule has 0 aliphatic rings. The van der Waals surface area contributed by atoms with Gasteiger partial charge in [0.1, 0.15) is 5.82 Å². The van der Waals surface area contributed by atoms with Crippen molar-refractivity contribution in [1.29, 1.82) is 0 Å². The van der Waals surface area contributed by atoms with Gasteiger partial charge in [0.05, 0.1) is 13.1 Å². The Kier molecular flexibility index (Phi) is 5.95. The first kappa shape index (κ1) is 15.1. The number of carbonyl (C=O) groups excluding carboxylic acids is 2. The fourth-order valence-corrected chi connectivity index (χ4v) is 1.53. The highest BCUT2D eigenvalue weighted by Gasteiger charge is 2.10. The first-order valence-corrected chi connectivity index (χ1v) is 6.02. The molecule has 6 heteroatoms. The van der Waals surface area contributed by atoms with Crippen LogP contribution in [0.5, 0.6) is 0 Å². The van der Waals surface area contributed by atoms with E-state index in [0.29, 0.717) is 12.2 Å². The van der Waals surface area contributed by atoms with Crippen molar-refractivity contribution in [2.75, 3.05) is 32.0 Å². The van der Waals surface area contributed by atoms with Gasteiger partial charge in [-0.15, -0.1) is 0 Å². The minimum atomic E-state index is -0.355. The fraction of sp³-hybridized carbons (Fsp3) is 0.385. The Bertz CT molecular complexity index is 434. The second-order valence-electron chi connectivity index (χ2n) is 4.18. The molecule has 0 fully saturated rings. The largest absolute Gasteiger partial charge is 0.355 e. The van der Waals surface area contributed by atoms with Crippen LogP contribution in [0.2, 0.25) is 0 Å². The van der Waals surface area contributed by atoms with Crippen molar-refractivity contribution in [3.63, 3.8) is 0 Å². The highest BCUT2D eigenvalue weighted by Crippen LogP contribution is 2.07. The minimum absolute atomic E-state index is 0.0918. The summed E-state index contributed by atoms with van der Waals surface area (Å²) in [6.45, 7) is 2.65. The van der Waals surface area contributed by atoms with E-state index in [0.717, 1.165) is 0 Å². The third kappa shape index (κ3) is 5.96. The third-order valence-corrected chi connectivity index (χ3v) is 2.33. The summed E-state index contributed by atoms with van der Waals surface area (Å²) in [7, 11) is 1.68. The van der Waals surface area contributed by atoms with Crippen LogP contribution in [-0.4, -0.2) is 43.4 Å². The van der Waals surface area contributed by atoms with Gasteiger partial charge < -0.3 is 10.6 Å². The maximum Gasteiger partial charge on any atom is 0.238 e. The van der Waals surface area contributed by atoms with Gasteiger partial charge >= 0.3 is 0 Å². The average Bonchev–Trinajstić information content (AvgIpc) is 2.32. The lowest BCUT2D eigenvalue weighted by atomic mass is 10.3. The van der Waals surface area contributed by atoms with Gasteiger partial charge in [0, 0.05) is 12.2 Å². The Labute approximate surface area is 111 Å². The Morgan fingerprint density at radius 3 is 2.32 bits per heavy atom. The van der Waals surface area contributed by atoms with Gasteiger partial charge in [0.2, 0.25) is 11.8 Å². The highest BCUT2D eigenvalue weighted by atomic mass is 19.1. The Balaban J connectivity index is 2.38. The van der Waals surface area contributed by atoms with Crippen LogP contribution in [0.1, 0.15) is 6.92 Å². The van der Waals surface area contributed by atoms with Crippen LogP contribution < -0.4 is 10.6 Å². The number of nitrogens with one attached hydrogen (secondary N) is 2. The van der Waals surface area contributed by atoms with E-state index in [1.54, 1.807) is 11.9 Å². The van der Waals surface area contributed by atoms with Gasteiger partial charge in [-0.3, -0.25) is 14.5 Å². The molecule has 0 unspecified atom stereocenters. The molecule has 0 aromatic heterocycles. The molecule has 0 atom stereocenters. The van der Waals surface area contributed by atoms with Gasteiger partial charge in [-0.2, -0.15) is 0 Å². The van der Waals surface area contributed by atoms with Gasteiger partial charge in [0.15, 0.2) is 0 Å². The number of carbonyl (C=O) groups is 2. The lowest BCUT2D eigenvalue weighted by Crippen LogP contribution is -2.38. The average molecular weight is 267 g/mol. The first-order valence-electron chi connectivity index (χ1n) is 6.02. The number of amides is 2. The van der Waals surface area contributed by atoms with E-state index in [-0.39, 0.29) is 30.7 Å². The van der Waals surface area contributed by atoms with Gasteiger partial charge in [-0.25, -0.2) is 4.39 Å². The smallest absolute Gasteiger partial charge is 0.238 e. The number of benzene rings is 1. The molecule has 0 bridgehead atoms. The molecule has 0 spiro atoms. The van der Waals surface area contributed by atoms with Crippen LogP contribution in [0.25, 0.3) is 0 Å². The van der Waals surface area contributed by atoms with Gasteiger partial charge in [-0.05, 0) is 38.2 Å². The van der Waals surface area contributed by atoms with E-state index < -0.39 is 0 Å². The molecule has 1 aromatic carbocycles. The maximum atomic E-state index is 12.7. The van der Waals surface area contributed by atoms with Crippen molar-refractivity contribution < 1.29 is 14.0 Å². The quantitative estimate of drug-likeness (QED) is 0.802. The summed E-state index contributed by atoms with van der Waals surface area (Å²) in [6.07, 6.45) is 0. The molecule has 1 rings (SSSR count). The summed E-state index contributed by atoms with van der Waals surface area (Å²) in [5.74, 6) is -0.732. The predicted molar refractivity (Wildman–Crippen MR) is 71.2 cm³/mol. The van der Waals surface area contributed by atoms with Crippen molar-refractivity contribution in [2.24, 2.45) is 0 Å². The summed E-state index contributed by atoms with van der Waals surface area (Å²) in [5.41, 5.74) is 0.526. The van der Waals surface area contributed by atoms with Crippen molar-refractivity contribution >= 4 is 17.5 Å². The standard InChI is InChI=1S/C13H18FN3O2/c1-3-15-12(18)8-17(2)9-13(19)16-11-6-4-10(14)5-7-11/h4-7H,3,8-9H2,1-2H3,(H,15,18)(H,16,19). The zero-order valence-corrected chi connectivity index (χ0v) is 11.1. The SMILES string of the molecule is CCNC(=O)CN(C)CC(=O)Nc1ccc(F)cc1.